The normalized spacial score (nSPS) is 19.0. The largest absolute Gasteiger partial charge is 0.453 e. The molecule has 1 N–H and O–H groups in total. The van der Waals surface area contributed by atoms with Gasteiger partial charge in [-0.2, -0.15) is 0 Å². The third-order valence-electron chi connectivity index (χ3n) is 5.61. The van der Waals surface area contributed by atoms with Crippen LogP contribution in [0.25, 0.3) is 0 Å². The Morgan fingerprint density at radius 3 is 2.55 bits per heavy atom. The number of amides is 2. The maximum Gasteiger partial charge on any atom is 0.344 e. The van der Waals surface area contributed by atoms with Gasteiger partial charge < -0.3 is 15.0 Å². The molecule has 2 aliphatic heterocycles. The molecule has 2 aliphatic rings. The van der Waals surface area contributed by atoms with Crippen LogP contribution in [-0.2, 0) is 19.1 Å². The number of hydrogen-bond acceptors (Lipinski definition) is 6. The molecule has 1 saturated heterocycles. The second kappa shape index (κ2) is 8.63. The van der Waals surface area contributed by atoms with Crippen LogP contribution in [0.5, 0.6) is 0 Å². The number of fused-ring (bicyclic) bond motifs is 3. The number of nitrogens with one attached hydrogen (secondary N) is 1. The van der Waals surface area contributed by atoms with Gasteiger partial charge in [0.25, 0.3) is 5.91 Å². The van der Waals surface area contributed by atoms with Crippen molar-refractivity contribution in [2.75, 3.05) is 34.8 Å². The first-order valence-corrected chi connectivity index (χ1v) is 11.2. The number of esters is 1. The van der Waals surface area contributed by atoms with Crippen LogP contribution in [0.3, 0.4) is 0 Å². The van der Waals surface area contributed by atoms with Crippen molar-refractivity contribution >= 4 is 46.6 Å². The van der Waals surface area contributed by atoms with Crippen LogP contribution < -0.4 is 15.1 Å². The summed E-state index contributed by atoms with van der Waals surface area (Å²) in [6, 6.07) is 15.0. The Kier molecular flexibility index (Phi) is 5.91. The second-order valence-corrected chi connectivity index (χ2v) is 8.75. The van der Waals surface area contributed by atoms with Crippen LogP contribution >= 0.6 is 11.8 Å². The Bertz CT molecular complexity index is 1010. The molecule has 0 unspecified atom stereocenters. The van der Waals surface area contributed by atoms with Gasteiger partial charge in [-0.3, -0.25) is 14.5 Å². The number of hydrogen-bond donors (Lipinski definition) is 1. The summed E-state index contributed by atoms with van der Waals surface area (Å²) in [4.78, 5) is 41.3. The van der Waals surface area contributed by atoms with Crippen LogP contribution in [0.15, 0.2) is 53.4 Å². The van der Waals surface area contributed by atoms with E-state index in [1.807, 2.05) is 48.5 Å². The van der Waals surface area contributed by atoms with Gasteiger partial charge >= 0.3 is 5.97 Å². The van der Waals surface area contributed by atoms with Gasteiger partial charge in [0, 0.05) is 42.2 Å². The molecule has 2 amide bonds. The number of ether oxygens (including phenoxy) is 1. The minimum Gasteiger partial charge on any atom is -0.453 e. The molecule has 4 rings (SSSR count). The lowest BCUT2D eigenvalue weighted by Gasteiger charge is -2.28. The van der Waals surface area contributed by atoms with Crippen LogP contribution in [0.2, 0.25) is 0 Å². The van der Waals surface area contributed by atoms with Crippen molar-refractivity contribution in [1.82, 2.24) is 0 Å². The van der Waals surface area contributed by atoms with Crippen molar-refractivity contribution in [3.05, 3.63) is 48.5 Å². The quantitative estimate of drug-likeness (QED) is 0.664. The molecule has 0 bridgehead atoms. The van der Waals surface area contributed by atoms with Crippen LogP contribution in [0.1, 0.15) is 26.7 Å². The Morgan fingerprint density at radius 1 is 1.13 bits per heavy atom. The standard InChI is InChI=1S/C23H25N3O4S/c1-3-25(4-2)17-11-9-16(10-12-17)24-20(27)15-30-22(29)23-14-13-21(28)26(23)18-7-5-6-8-19(18)31-23/h5-12H,3-4,13-15H2,1-2H3,(H,24,27)/t23-/m0/s1. The van der Waals surface area contributed by atoms with Crippen LogP contribution in [0.4, 0.5) is 17.1 Å². The summed E-state index contributed by atoms with van der Waals surface area (Å²) in [5.41, 5.74) is 2.44. The molecule has 2 aromatic carbocycles. The molecule has 0 saturated carbocycles. The molecule has 31 heavy (non-hydrogen) atoms. The number of carbonyl (C=O) groups excluding carboxylic acids is 3. The number of benzene rings is 2. The van der Waals surface area contributed by atoms with E-state index in [2.05, 4.69) is 24.1 Å². The van der Waals surface area contributed by atoms with Crippen molar-refractivity contribution in [3.8, 4) is 0 Å². The van der Waals surface area contributed by atoms with Crippen molar-refractivity contribution in [2.24, 2.45) is 0 Å². The number of carbonyl (C=O) groups is 3. The fourth-order valence-electron chi connectivity index (χ4n) is 4.06. The molecule has 2 aromatic rings. The third kappa shape index (κ3) is 3.87. The molecule has 1 atom stereocenters. The lowest BCUT2D eigenvalue weighted by atomic mass is 10.2. The SMILES string of the molecule is CCN(CC)c1ccc(NC(=O)COC(=O)[C@@]23CCC(=O)N2c2ccccc2S3)cc1. The topological polar surface area (TPSA) is 79.0 Å². The predicted octanol–water partition coefficient (Wildman–Crippen LogP) is 3.64. The summed E-state index contributed by atoms with van der Waals surface area (Å²) in [7, 11) is 0. The first kappa shape index (κ1) is 21.2. The van der Waals surface area contributed by atoms with Gasteiger partial charge in [0.2, 0.25) is 5.91 Å². The molecule has 0 aromatic heterocycles. The van der Waals surface area contributed by atoms with E-state index in [1.54, 1.807) is 0 Å². The van der Waals surface area contributed by atoms with Gasteiger partial charge in [0.05, 0.1) is 5.69 Å². The molecular weight excluding hydrogens is 414 g/mol. The van der Waals surface area contributed by atoms with Gasteiger partial charge in [-0.15, -0.1) is 0 Å². The van der Waals surface area contributed by atoms with Crippen LogP contribution in [0, 0.1) is 0 Å². The fourth-order valence-corrected chi connectivity index (χ4v) is 5.47. The highest BCUT2D eigenvalue weighted by Crippen LogP contribution is 2.56. The lowest BCUT2D eigenvalue weighted by molar-refractivity contribution is -0.149. The number of thioether (sulfide) groups is 1. The number of rotatable bonds is 7. The maximum absolute atomic E-state index is 13.0. The highest BCUT2D eigenvalue weighted by Gasteiger charge is 2.58. The molecule has 0 spiro atoms. The molecule has 7 nitrogen and oxygen atoms in total. The van der Waals surface area contributed by atoms with Crippen molar-refractivity contribution in [2.45, 2.75) is 36.5 Å². The molecule has 8 heteroatoms. The number of anilines is 3. The first-order chi connectivity index (χ1) is 15.0. The van der Waals surface area contributed by atoms with E-state index >= 15 is 0 Å². The highest BCUT2D eigenvalue weighted by molar-refractivity contribution is 8.02. The second-order valence-electron chi connectivity index (χ2n) is 7.43. The van der Waals surface area contributed by atoms with E-state index < -0.39 is 23.4 Å². The van der Waals surface area contributed by atoms with Crippen molar-refractivity contribution in [3.63, 3.8) is 0 Å². The molecule has 2 heterocycles. The van der Waals surface area contributed by atoms with E-state index in [9.17, 15) is 14.4 Å². The molecule has 0 radical (unpaired) electrons. The van der Waals surface area contributed by atoms with Crippen molar-refractivity contribution < 1.29 is 19.1 Å². The third-order valence-corrected chi connectivity index (χ3v) is 7.06. The number of para-hydroxylation sites is 1. The zero-order valence-electron chi connectivity index (χ0n) is 17.6. The van der Waals surface area contributed by atoms with Gasteiger partial charge in [0.15, 0.2) is 11.5 Å². The molecule has 1 fully saturated rings. The monoisotopic (exact) mass is 439 g/mol. The Balaban J connectivity index is 1.38. The zero-order chi connectivity index (χ0) is 22.0. The van der Waals surface area contributed by atoms with Crippen LogP contribution in [-0.4, -0.2) is 42.4 Å². The Hall–Kier alpha value is -3.00. The Labute approximate surface area is 185 Å². The fraction of sp³-hybridized carbons (Fsp3) is 0.348. The molecule has 162 valence electrons. The van der Waals surface area contributed by atoms with E-state index in [-0.39, 0.29) is 12.3 Å². The summed E-state index contributed by atoms with van der Waals surface area (Å²) in [6.45, 7) is 5.58. The smallest absolute Gasteiger partial charge is 0.344 e. The zero-order valence-corrected chi connectivity index (χ0v) is 18.4. The highest BCUT2D eigenvalue weighted by atomic mass is 32.2. The number of nitrogens with zero attached hydrogens (tertiary/aromatic N) is 2. The minimum absolute atomic E-state index is 0.104. The van der Waals surface area contributed by atoms with E-state index in [1.165, 1.54) is 16.7 Å². The van der Waals surface area contributed by atoms with E-state index in [0.29, 0.717) is 12.1 Å². The minimum atomic E-state index is -1.12. The predicted molar refractivity (Wildman–Crippen MR) is 121 cm³/mol. The molecular formula is C23H25N3O4S. The Morgan fingerprint density at radius 2 is 1.84 bits per heavy atom. The van der Waals surface area contributed by atoms with Crippen molar-refractivity contribution in [1.29, 1.82) is 0 Å². The van der Waals surface area contributed by atoms with Gasteiger partial charge in [-0.25, -0.2) is 4.79 Å². The van der Waals surface area contributed by atoms with E-state index in [0.717, 1.165) is 29.4 Å². The van der Waals surface area contributed by atoms with Gasteiger partial charge in [0.1, 0.15) is 0 Å². The van der Waals surface area contributed by atoms with Gasteiger partial charge in [-0.1, -0.05) is 23.9 Å². The van der Waals surface area contributed by atoms with E-state index in [4.69, 9.17) is 4.74 Å². The lowest BCUT2D eigenvalue weighted by Crippen LogP contribution is -2.48. The van der Waals surface area contributed by atoms with Gasteiger partial charge in [-0.05, 0) is 50.2 Å². The average Bonchev–Trinajstić information content (AvgIpc) is 3.29. The first-order valence-electron chi connectivity index (χ1n) is 10.4. The summed E-state index contributed by atoms with van der Waals surface area (Å²) in [5.74, 6) is -1.09. The average molecular weight is 440 g/mol. The summed E-state index contributed by atoms with van der Waals surface area (Å²) in [6.07, 6.45) is 0.639. The summed E-state index contributed by atoms with van der Waals surface area (Å²) in [5, 5.41) is 2.75. The molecule has 0 aliphatic carbocycles. The summed E-state index contributed by atoms with van der Waals surface area (Å²) >= 11 is 1.32. The maximum atomic E-state index is 13.0. The summed E-state index contributed by atoms with van der Waals surface area (Å²) < 4.78 is 5.37.